The van der Waals surface area contributed by atoms with E-state index >= 15 is 0 Å². The van der Waals surface area contributed by atoms with Crippen LogP contribution in [0.15, 0.2) is 47.4 Å². The molecule has 0 aliphatic carbocycles. The Morgan fingerprint density at radius 1 is 1.06 bits per heavy atom. The number of thiazole rings is 1. The molecule has 0 saturated heterocycles. The molecule has 0 unspecified atom stereocenters. The molecule has 0 aliphatic heterocycles. The van der Waals surface area contributed by atoms with Crippen LogP contribution in [0.3, 0.4) is 0 Å². The van der Waals surface area contributed by atoms with E-state index in [-0.39, 0.29) is 29.6 Å². The summed E-state index contributed by atoms with van der Waals surface area (Å²) in [5.74, 6) is -0.0426. The lowest BCUT2D eigenvalue weighted by atomic mass is 10.1. The van der Waals surface area contributed by atoms with Gasteiger partial charge in [0.1, 0.15) is 0 Å². The lowest BCUT2D eigenvalue weighted by Gasteiger charge is -2.21. The third kappa shape index (κ3) is 6.76. The summed E-state index contributed by atoms with van der Waals surface area (Å²) in [7, 11) is 0.698. The predicted molar refractivity (Wildman–Crippen MR) is 140 cm³/mol. The van der Waals surface area contributed by atoms with Crippen molar-refractivity contribution < 1.29 is 13.2 Å². The van der Waals surface area contributed by atoms with Gasteiger partial charge < -0.3 is 4.90 Å². The maximum atomic E-state index is 13.3. The highest BCUT2D eigenvalue weighted by atomic mass is 35.5. The molecule has 0 atom stereocenters. The molecule has 1 heterocycles. The Kier molecular flexibility index (Phi) is 9.43. The van der Waals surface area contributed by atoms with Gasteiger partial charge in [0, 0.05) is 6.54 Å². The largest absolute Gasteiger partial charge is 0.309 e. The Labute approximate surface area is 207 Å². The van der Waals surface area contributed by atoms with Crippen molar-refractivity contribution >= 4 is 54.8 Å². The van der Waals surface area contributed by atoms with Gasteiger partial charge in [0.25, 0.3) is 0 Å². The van der Waals surface area contributed by atoms with Gasteiger partial charge >= 0.3 is 0 Å². The maximum Gasteiger partial charge on any atom is 0.233 e. The number of benzene rings is 2. The van der Waals surface area contributed by atoms with E-state index in [2.05, 4.69) is 11.0 Å². The first-order valence-corrected chi connectivity index (χ1v) is 13.1. The van der Waals surface area contributed by atoms with Crippen molar-refractivity contribution in [1.82, 2.24) is 9.88 Å². The highest BCUT2D eigenvalue weighted by molar-refractivity contribution is 7.92. The molecule has 33 heavy (non-hydrogen) atoms. The van der Waals surface area contributed by atoms with Crippen molar-refractivity contribution in [1.29, 1.82) is 0 Å². The molecule has 3 aromatic rings. The second-order valence-electron chi connectivity index (χ2n) is 8.58. The number of aryl methyl sites for hydroxylation is 1. The number of nitrogens with zero attached hydrogens (tertiary/aromatic N) is 3. The molecule has 0 bridgehead atoms. The standard InChI is InChI=1S/C24H31N3O3S2.ClH/c1-17(2)32(29,30)20-10-8-19(9-11-20)16-23(28)27(14-6-13-26(4)5)24-25-21-12-7-18(3)15-22(21)31-24;/h7-12,15,17H,6,13-14,16H2,1-5H3;1H. The average Bonchev–Trinajstić information content (AvgIpc) is 3.13. The minimum atomic E-state index is -3.33. The first kappa shape index (κ1) is 27.2. The van der Waals surface area contributed by atoms with Crippen LogP contribution in [0.1, 0.15) is 31.4 Å². The van der Waals surface area contributed by atoms with E-state index in [4.69, 9.17) is 4.98 Å². The fourth-order valence-corrected chi connectivity index (χ4v) is 5.51. The van der Waals surface area contributed by atoms with Crippen LogP contribution in [0.2, 0.25) is 0 Å². The normalized spacial score (nSPS) is 11.7. The Balaban J connectivity index is 0.00000385. The molecule has 3 rings (SSSR count). The van der Waals surface area contributed by atoms with E-state index < -0.39 is 15.1 Å². The van der Waals surface area contributed by atoms with Crippen molar-refractivity contribution in [3.8, 4) is 0 Å². The number of halogens is 1. The molecule has 1 aromatic heterocycles. The summed E-state index contributed by atoms with van der Waals surface area (Å²) >= 11 is 1.53. The molecule has 0 radical (unpaired) electrons. The van der Waals surface area contributed by atoms with Crippen LogP contribution in [-0.4, -0.2) is 56.6 Å². The summed E-state index contributed by atoms with van der Waals surface area (Å²) in [6.07, 6.45) is 1.03. The molecular formula is C24H32ClN3O3S2. The van der Waals surface area contributed by atoms with E-state index in [0.29, 0.717) is 11.7 Å². The van der Waals surface area contributed by atoms with Gasteiger partial charge in [-0.05, 0) is 83.2 Å². The molecule has 0 fully saturated rings. The van der Waals surface area contributed by atoms with Crippen molar-refractivity contribution in [3.63, 3.8) is 0 Å². The van der Waals surface area contributed by atoms with E-state index in [0.717, 1.165) is 34.3 Å². The monoisotopic (exact) mass is 509 g/mol. The van der Waals surface area contributed by atoms with Crippen LogP contribution in [0.25, 0.3) is 10.2 Å². The van der Waals surface area contributed by atoms with Gasteiger partial charge in [0.15, 0.2) is 15.0 Å². The number of sulfone groups is 1. The Morgan fingerprint density at radius 3 is 2.33 bits per heavy atom. The van der Waals surface area contributed by atoms with Crippen LogP contribution in [0.4, 0.5) is 5.13 Å². The molecule has 180 valence electrons. The minimum Gasteiger partial charge on any atom is -0.309 e. The predicted octanol–water partition coefficient (Wildman–Crippen LogP) is 4.74. The van der Waals surface area contributed by atoms with Crippen molar-refractivity contribution in [2.24, 2.45) is 0 Å². The zero-order chi connectivity index (χ0) is 23.5. The number of carbonyl (C=O) groups excluding carboxylic acids is 1. The van der Waals surface area contributed by atoms with E-state index in [9.17, 15) is 13.2 Å². The van der Waals surface area contributed by atoms with Gasteiger partial charge in [-0.1, -0.05) is 29.5 Å². The second kappa shape index (κ2) is 11.4. The summed E-state index contributed by atoms with van der Waals surface area (Å²) < 4.78 is 25.8. The molecule has 0 saturated carbocycles. The van der Waals surface area contributed by atoms with Gasteiger partial charge in [-0.25, -0.2) is 13.4 Å². The Morgan fingerprint density at radius 2 is 1.73 bits per heavy atom. The summed E-state index contributed by atoms with van der Waals surface area (Å²) in [4.78, 5) is 22.1. The summed E-state index contributed by atoms with van der Waals surface area (Å²) in [6, 6.07) is 12.7. The average molecular weight is 510 g/mol. The third-order valence-electron chi connectivity index (χ3n) is 5.28. The van der Waals surface area contributed by atoms with E-state index in [1.807, 2.05) is 33.2 Å². The van der Waals surface area contributed by atoms with Crippen molar-refractivity contribution in [2.75, 3.05) is 32.1 Å². The highest BCUT2D eigenvalue weighted by Crippen LogP contribution is 2.30. The zero-order valence-electron chi connectivity index (χ0n) is 19.7. The smallest absolute Gasteiger partial charge is 0.233 e. The van der Waals surface area contributed by atoms with Crippen LogP contribution < -0.4 is 4.90 Å². The maximum absolute atomic E-state index is 13.3. The van der Waals surface area contributed by atoms with Gasteiger partial charge in [-0.2, -0.15) is 0 Å². The molecule has 9 heteroatoms. The molecule has 0 spiro atoms. The Bertz CT molecular complexity index is 1190. The third-order valence-corrected chi connectivity index (χ3v) is 8.49. The number of fused-ring (bicyclic) bond motifs is 1. The van der Waals surface area contributed by atoms with E-state index in [1.54, 1.807) is 43.0 Å². The highest BCUT2D eigenvalue weighted by Gasteiger charge is 2.22. The molecule has 2 aromatic carbocycles. The quantitative estimate of drug-likeness (QED) is 0.417. The summed E-state index contributed by atoms with van der Waals surface area (Å²) in [5, 5.41) is 0.221. The fraction of sp³-hybridized carbons (Fsp3) is 0.417. The number of rotatable bonds is 9. The first-order valence-electron chi connectivity index (χ1n) is 10.7. The lowest BCUT2D eigenvalue weighted by molar-refractivity contribution is -0.118. The number of anilines is 1. The van der Waals surface area contributed by atoms with Gasteiger partial charge in [0.2, 0.25) is 5.91 Å². The molecule has 1 amide bonds. The van der Waals surface area contributed by atoms with Crippen molar-refractivity contribution in [2.45, 2.75) is 43.8 Å². The van der Waals surface area contributed by atoms with Crippen LogP contribution in [-0.2, 0) is 21.1 Å². The number of hydrogen-bond donors (Lipinski definition) is 0. The van der Waals surface area contributed by atoms with Crippen LogP contribution in [0, 0.1) is 6.92 Å². The van der Waals surface area contributed by atoms with Gasteiger partial charge in [0.05, 0.1) is 26.8 Å². The SMILES string of the molecule is Cc1ccc2nc(N(CCCN(C)C)C(=O)Cc3ccc(S(=O)(=O)C(C)C)cc3)sc2c1.Cl. The van der Waals surface area contributed by atoms with Crippen molar-refractivity contribution in [3.05, 3.63) is 53.6 Å². The number of amides is 1. The second-order valence-corrected chi connectivity index (χ2v) is 12.1. The van der Waals surface area contributed by atoms with Crippen LogP contribution >= 0.6 is 23.7 Å². The molecule has 6 nitrogen and oxygen atoms in total. The molecule has 0 aliphatic rings. The van der Waals surface area contributed by atoms with E-state index in [1.165, 1.54) is 11.3 Å². The number of aromatic nitrogens is 1. The first-order chi connectivity index (χ1) is 15.1. The molecular weight excluding hydrogens is 478 g/mol. The fourth-order valence-electron chi connectivity index (χ4n) is 3.35. The topological polar surface area (TPSA) is 70.6 Å². The van der Waals surface area contributed by atoms with Crippen LogP contribution in [0.5, 0.6) is 0 Å². The number of hydrogen-bond acceptors (Lipinski definition) is 6. The summed E-state index contributed by atoms with van der Waals surface area (Å²) in [5.41, 5.74) is 2.84. The van der Waals surface area contributed by atoms with Gasteiger partial charge in [-0.15, -0.1) is 12.4 Å². The van der Waals surface area contributed by atoms with Gasteiger partial charge in [-0.3, -0.25) is 9.69 Å². The Hall–Kier alpha value is -2.00. The summed E-state index contributed by atoms with van der Waals surface area (Å²) in [6.45, 7) is 6.82. The minimum absolute atomic E-state index is 0. The lowest BCUT2D eigenvalue weighted by Crippen LogP contribution is -2.34. The number of carbonyl (C=O) groups is 1. The molecule has 0 N–H and O–H groups in total. The zero-order valence-corrected chi connectivity index (χ0v) is 22.2.